The summed E-state index contributed by atoms with van der Waals surface area (Å²) in [5, 5.41) is 1.88. The zero-order valence-corrected chi connectivity index (χ0v) is 17.0. The minimum atomic E-state index is -0.445. The second-order valence-corrected chi connectivity index (χ2v) is 7.89. The van der Waals surface area contributed by atoms with Gasteiger partial charge in [-0.05, 0) is 49.2 Å². The predicted molar refractivity (Wildman–Crippen MR) is 117 cm³/mol. The lowest BCUT2D eigenvalue weighted by Crippen LogP contribution is -2.28. The van der Waals surface area contributed by atoms with Crippen LogP contribution in [0.15, 0.2) is 48.8 Å². The van der Waals surface area contributed by atoms with E-state index in [1.54, 1.807) is 12.3 Å². The Hall–Kier alpha value is -3.25. The molecular formula is C24H24N4O2. The smallest absolute Gasteiger partial charge is 0.356 e. The van der Waals surface area contributed by atoms with Crippen molar-refractivity contribution >= 4 is 27.9 Å². The normalized spacial score (nSPS) is 15.0. The van der Waals surface area contributed by atoms with Crippen LogP contribution in [0.5, 0.6) is 0 Å². The van der Waals surface area contributed by atoms with E-state index >= 15 is 0 Å². The Bertz CT molecular complexity index is 1210. The number of piperidine rings is 1. The molecule has 3 aromatic heterocycles. The lowest BCUT2D eigenvalue weighted by atomic mass is 10.0. The standard InChI is InChI=1S/C24H24N4O2/c1-30-24(29)21-12-19-20-11-18(13-26-23(20)27-22(19)14-25-21)17-7-5-16(6-8-17)15-28-9-3-2-4-10-28/h5-8,11-14H,2-4,9-10,15H2,1H3,(H,26,27). The van der Waals surface area contributed by atoms with Gasteiger partial charge in [0.25, 0.3) is 0 Å². The summed E-state index contributed by atoms with van der Waals surface area (Å²) in [7, 11) is 1.36. The highest BCUT2D eigenvalue weighted by Gasteiger charge is 2.13. The molecule has 0 unspecified atom stereocenters. The predicted octanol–water partition coefficient (Wildman–Crippen LogP) is 4.55. The van der Waals surface area contributed by atoms with Gasteiger partial charge in [-0.2, -0.15) is 0 Å². The summed E-state index contributed by atoms with van der Waals surface area (Å²) in [4.78, 5) is 26.4. The molecule has 0 spiro atoms. The zero-order chi connectivity index (χ0) is 20.5. The highest BCUT2D eigenvalue weighted by atomic mass is 16.5. The number of carbonyl (C=O) groups excluding carboxylic acids is 1. The maximum atomic E-state index is 11.9. The molecule has 1 N–H and O–H groups in total. The molecule has 5 rings (SSSR count). The third-order valence-electron chi connectivity index (χ3n) is 5.87. The number of rotatable bonds is 4. The second-order valence-electron chi connectivity index (χ2n) is 7.89. The van der Waals surface area contributed by atoms with Crippen LogP contribution in [-0.4, -0.2) is 46.0 Å². The van der Waals surface area contributed by atoms with E-state index < -0.39 is 5.97 Å². The van der Waals surface area contributed by atoms with Gasteiger partial charge in [0.05, 0.1) is 18.8 Å². The molecule has 0 saturated carbocycles. The van der Waals surface area contributed by atoms with Crippen LogP contribution in [0.2, 0.25) is 0 Å². The van der Waals surface area contributed by atoms with Crippen molar-refractivity contribution in [3.63, 3.8) is 0 Å². The van der Waals surface area contributed by atoms with E-state index in [0.717, 1.165) is 39.6 Å². The molecular weight excluding hydrogens is 376 g/mol. The molecule has 1 fully saturated rings. The number of benzene rings is 1. The van der Waals surface area contributed by atoms with Crippen molar-refractivity contribution in [1.29, 1.82) is 0 Å². The van der Waals surface area contributed by atoms with Gasteiger partial charge in [0.1, 0.15) is 11.3 Å². The lowest BCUT2D eigenvalue weighted by Gasteiger charge is -2.26. The van der Waals surface area contributed by atoms with Crippen LogP contribution < -0.4 is 0 Å². The molecule has 1 saturated heterocycles. The summed E-state index contributed by atoms with van der Waals surface area (Å²) >= 11 is 0. The molecule has 6 nitrogen and oxygen atoms in total. The Morgan fingerprint density at radius 1 is 1.00 bits per heavy atom. The Kier molecular flexibility index (Phi) is 4.93. The number of pyridine rings is 2. The number of ether oxygens (including phenoxy) is 1. The number of methoxy groups -OCH3 is 1. The first-order valence-corrected chi connectivity index (χ1v) is 10.4. The highest BCUT2D eigenvalue weighted by molar-refractivity contribution is 6.08. The second kappa shape index (κ2) is 7.88. The number of nitrogens with zero attached hydrogens (tertiary/aromatic N) is 3. The maximum Gasteiger partial charge on any atom is 0.356 e. The first-order valence-electron chi connectivity index (χ1n) is 10.4. The first kappa shape index (κ1) is 18.8. The quantitative estimate of drug-likeness (QED) is 0.509. The van der Waals surface area contributed by atoms with Crippen LogP contribution in [0.4, 0.5) is 0 Å². The molecule has 1 aliphatic heterocycles. The zero-order valence-electron chi connectivity index (χ0n) is 17.0. The van der Waals surface area contributed by atoms with Crippen molar-refractivity contribution in [2.45, 2.75) is 25.8 Å². The molecule has 0 radical (unpaired) electrons. The summed E-state index contributed by atoms with van der Waals surface area (Å²) in [5.74, 6) is -0.445. The topological polar surface area (TPSA) is 71.1 Å². The Labute approximate surface area is 174 Å². The summed E-state index contributed by atoms with van der Waals surface area (Å²) in [6.07, 6.45) is 7.50. The van der Waals surface area contributed by atoms with Crippen LogP contribution in [0, 0.1) is 0 Å². The van der Waals surface area contributed by atoms with Crippen LogP contribution in [-0.2, 0) is 11.3 Å². The number of hydrogen-bond donors (Lipinski definition) is 1. The highest BCUT2D eigenvalue weighted by Crippen LogP contribution is 2.29. The molecule has 4 heterocycles. The van der Waals surface area contributed by atoms with Gasteiger partial charge in [0.2, 0.25) is 0 Å². The van der Waals surface area contributed by atoms with E-state index in [2.05, 4.69) is 50.2 Å². The molecule has 4 aromatic rings. The van der Waals surface area contributed by atoms with Gasteiger partial charge < -0.3 is 9.72 Å². The third kappa shape index (κ3) is 3.55. The Morgan fingerprint density at radius 3 is 2.57 bits per heavy atom. The van der Waals surface area contributed by atoms with E-state index in [-0.39, 0.29) is 0 Å². The number of nitrogens with one attached hydrogen (secondary N) is 1. The number of aromatic nitrogens is 3. The van der Waals surface area contributed by atoms with Crippen LogP contribution in [0.25, 0.3) is 33.1 Å². The number of esters is 1. The van der Waals surface area contributed by atoms with Crippen LogP contribution >= 0.6 is 0 Å². The number of hydrogen-bond acceptors (Lipinski definition) is 5. The molecule has 1 aromatic carbocycles. The average Bonchev–Trinajstić information content (AvgIpc) is 3.17. The molecule has 6 heteroatoms. The summed E-state index contributed by atoms with van der Waals surface area (Å²) in [6, 6.07) is 12.6. The fourth-order valence-electron chi connectivity index (χ4n) is 4.23. The maximum absolute atomic E-state index is 11.9. The Morgan fingerprint density at radius 2 is 1.80 bits per heavy atom. The number of carbonyl (C=O) groups is 1. The van der Waals surface area contributed by atoms with Gasteiger partial charge in [-0.1, -0.05) is 30.7 Å². The minimum absolute atomic E-state index is 0.290. The van der Waals surface area contributed by atoms with Gasteiger partial charge in [-0.3, -0.25) is 4.90 Å². The van der Waals surface area contributed by atoms with Crippen molar-refractivity contribution in [1.82, 2.24) is 19.9 Å². The largest absolute Gasteiger partial charge is 0.464 e. The summed E-state index contributed by atoms with van der Waals surface area (Å²) in [6.45, 7) is 3.42. The summed E-state index contributed by atoms with van der Waals surface area (Å²) in [5.41, 5.74) is 5.43. The molecule has 152 valence electrons. The van der Waals surface area contributed by atoms with Crippen molar-refractivity contribution in [3.05, 3.63) is 60.0 Å². The van der Waals surface area contributed by atoms with Gasteiger partial charge >= 0.3 is 5.97 Å². The van der Waals surface area contributed by atoms with Gasteiger partial charge in [0, 0.05) is 29.1 Å². The average molecular weight is 400 g/mol. The van der Waals surface area contributed by atoms with Crippen molar-refractivity contribution < 1.29 is 9.53 Å². The molecule has 0 atom stereocenters. The number of aromatic amines is 1. The van der Waals surface area contributed by atoms with E-state index in [1.165, 1.54) is 45.0 Å². The van der Waals surface area contributed by atoms with E-state index in [0.29, 0.717) is 5.69 Å². The van der Waals surface area contributed by atoms with E-state index in [4.69, 9.17) is 4.74 Å². The Balaban J connectivity index is 1.46. The minimum Gasteiger partial charge on any atom is -0.464 e. The van der Waals surface area contributed by atoms with Crippen molar-refractivity contribution in [2.24, 2.45) is 0 Å². The van der Waals surface area contributed by atoms with Gasteiger partial charge in [-0.15, -0.1) is 0 Å². The fourth-order valence-corrected chi connectivity index (χ4v) is 4.23. The monoisotopic (exact) mass is 400 g/mol. The molecule has 0 bridgehead atoms. The molecule has 1 aliphatic rings. The lowest BCUT2D eigenvalue weighted by molar-refractivity contribution is 0.0594. The van der Waals surface area contributed by atoms with Crippen LogP contribution in [0.3, 0.4) is 0 Å². The molecule has 0 amide bonds. The fraction of sp³-hybridized carbons (Fsp3) is 0.292. The molecule has 30 heavy (non-hydrogen) atoms. The SMILES string of the molecule is COC(=O)c1cc2c(cn1)[nH]c1ncc(-c3ccc(CN4CCCCC4)cc3)cc12. The van der Waals surface area contributed by atoms with Gasteiger partial charge in [-0.25, -0.2) is 14.8 Å². The van der Waals surface area contributed by atoms with E-state index in [9.17, 15) is 4.79 Å². The number of fused-ring (bicyclic) bond motifs is 3. The van der Waals surface area contributed by atoms with Crippen molar-refractivity contribution in [2.75, 3.05) is 20.2 Å². The first-order chi connectivity index (χ1) is 14.7. The number of likely N-dealkylation sites (tertiary alicyclic amines) is 1. The molecule has 0 aliphatic carbocycles. The van der Waals surface area contributed by atoms with E-state index in [1.807, 2.05) is 6.20 Å². The van der Waals surface area contributed by atoms with Crippen LogP contribution in [0.1, 0.15) is 35.3 Å². The number of H-pyrrole nitrogens is 1. The van der Waals surface area contributed by atoms with Crippen molar-refractivity contribution in [3.8, 4) is 11.1 Å². The summed E-state index contributed by atoms with van der Waals surface area (Å²) < 4.78 is 4.80. The third-order valence-corrected chi connectivity index (χ3v) is 5.87. The van der Waals surface area contributed by atoms with Gasteiger partial charge in [0.15, 0.2) is 0 Å².